The number of aromatic carboxylic acids is 1. The van der Waals surface area contributed by atoms with Crippen molar-refractivity contribution in [3.63, 3.8) is 0 Å². The van der Waals surface area contributed by atoms with Crippen LogP contribution in [0.1, 0.15) is 10.4 Å². The molecule has 0 aliphatic heterocycles. The van der Waals surface area contributed by atoms with Crippen LogP contribution in [0.2, 0.25) is 0 Å². The zero-order chi connectivity index (χ0) is 13.0. The Labute approximate surface area is 97.8 Å². The first-order valence-corrected chi connectivity index (χ1v) is 4.89. The Hall–Kier alpha value is -2.11. The second kappa shape index (κ2) is 5.29. The van der Waals surface area contributed by atoms with E-state index in [9.17, 15) is 14.0 Å². The standard InChI is InChI=1S/C11H13FN2O3/c1-14(2)9(15)6-13-10-7(11(16)17)4-3-5-8(10)12/h3-5,13H,6H2,1-2H3,(H,16,17). The summed E-state index contributed by atoms with van der Waals surface area (Å²) in [6.45, 7) is -0.159. The van der Waals surface area contributed by atoms with Gasteiger partial charge in [-0.3, -0.25) is 4.79 Å². The number of anilines is 1. The molecule has 0 unspecified atom stereocenters. The highest BCUT2D eigenvalue weighted by Crippen LogP contribution is 2.19. The molecule has 0 fully saturated rings. The van der Waals surface area contributed by atoms with Crippen molar-refractivity contribution in [3.05, 3.63) is 29.6 Å². The third kappa shape index (κ3) is 3.17. The van der Waals surface area contributed by atoms with Gasteiger partial charge in [-0.15, -0.1) is 0 Å². The summed E-state index contributed by atoms with van der Waals surface area (Å²) in [7, 11) is 3.12. The SMILES string of the molecule is CN(C)C(=O)CNc1c(F)cccc1C(=O)O. The Bertz CT molecular complexity index is 446. The number of carboxylic acids is 1. The minimum absolute atomic E-state index is 0.159. The molecule has 0 atom stereocenters. The smallest absolute Gasteiger partial charge is 0.337 e. The molecule has 0 bridgehead atoms. The lowest BCUT2D eigenvalue weighted by molar-refractivity contribution is -0.126. The summed E-state index contributed by atoms with van der Waals surface area (Å²) < 4.78 is 13.4. The van der Waals surface area contributed by atoms with E-state index in [0.717, 1.165) is 6.07 Å². The second-order valence-corrected chi connectivity index (χ2v) is 3.61. The normalized spacial score (nSPS) is 9.82. The van der Waals surface area contributed by atoms with Gasteiger partial charge in [0.05, 0.1) is 17.8 Å². The molecular weight excluding hydrogens is 227 g/mol. The zero-order valence-electron chi connectivity index (χ0n) is 9.53. The summed E-state index contributed by atoms with van der Waals surface area (Å²) in [6, 6.07) is 3.71. The molecule has 0 radical (unpaired) electrons. The van der Waals surface area contributed by atoms with E-state index in [1.54, 1.807) is 14.1 Å². The average molecular weight is 240 g/mol. The van der Waals surface area contributed by atoms with Gasteiger partial charge in [0.2, 0.25) is 5.91 Å². The fourth-order valence-corrected chi connectivity index (χ4v) is 1.20. The lowest BCUT2D eigenvalue weighted by Gasteiger charge is -2.13. The van der Waals surface area contributed by atoms with Crippen molar-refractivity contribution in [2.45, 2.75) is 0 Å². The summed E-state index contributed by atoms with van der Waals surface area (Å²) >= 11 is 0. The maximum absolute atomic E-state index is 13.4. The quantitative estimate of drug-likeness (QED) is 0.824. The Morgan fingerprint density at radius 3 is 2.59 bits per heavy atom. The number of benzene rings is 1. The molecule has 1 aromatic rings. The predicted octanol–water partition coefficient (Wildman–Crippen LogP) is 1.02. The predicted molar refractivity (Wildman–Crippen MR) is 60.5 cm³/mol. The molecule has 2 N–H and O–H groups in total. The molecule has 92 valence electrons. The minimum atomic E-state index is -1.25. The van der Waals surface area contributed by atoms with Crippen LogP contribution in [0.4, 0.5) is 10.1 Å². The number of carbonyl (C=O) groups excluding carboxylic acids is 1. The van der Waals surface area contributed by atoms with Gasteiger partial charge in [0.25, 0.3) is 0 Å². The van der Waals surface area contributed by atoms with Crippen molar-refractivity contribution in [2.24, 2.45) is 0 Å². The largest absolute Gasteiger partial charge is 0.478 e. The molecule has 5 nitrogen and oxygen atoms in total. The number of para-hydroxylation sites is 1. The molecule has 0 saturated carbocycles. The van der Waals surface area contributed by atoms with Crippen LogP contribution < -0.4 is 5.32 Å². The first-order valence-electron chi connectivity index (χ1n) is 4.89. The number of nitrogens with one attached hydrogen (secondary N) is 1. The Kier molecular flexibility index (Phi) is 4.03. The number of halogens is 1. The highest BCUT2D eigenvalue weighted by molar-refractivity contribution is 5.95. The molecule has 17 heavy (non-hydrogen) atoms. The number of rotatable bonds is 4. The number of hydrogen-bond donors (Lipinski definition) is 2. The van der Waals surface area contributed by atoms with E-state index in [2.05, 4.69) is 5.32 Å². The molecule has 6 heteroatoms. The summed E-state index contributed by atoms with van der Waals surface area (Å²) in [5.41, 5.74) is -0.369. The Morgan fingerprint density at radius 2 is 2.06 bits per heavy atom. The molecule has 0 aliphatic carbocycles. The average Bonchev–Trinajstić information content (AvgIpc) is 2.26. The number of likely N-dealkylation sites (N-methyl/N-ethyl adjacent to an activating group) is 1. The van der Waals surface area contributed by atoms with E-state index >= 15 is 0 Å². The molecule has 1 aromatic carbocycles. The second-order valence-electron chi connectivity index (χ2n) is 3.61. The van der Waals surface area contributed by atoms with Crippen molar-refractivity contribution in [3.8, 4) is 0 Å². The molecule has 0 saturated heterocycles. The lowest BCUT2D eigenvalue weighted by Crippen LogP contribution is -2.29. The maximum atomic E-state index is 13.4. The van der Waals surface area contributed by atoms with Crippen LogP contribution in [0.3, 0.4) is 0 Å². The topological polar surface area (TPSA) is 69.6 Å². The fraction of sp³-hybridized carbons (Fsp3) is 0.273. The van der Waals surface area contributed by atoms with E-state index in [1.807, 2.05) is 0 Å². The minimum Gasteiger partial charge on any atom is -0.478 e. The zero-order valence-corrected chi connectivity index (χ0v) is 9.53. The third-order valence-corrected chi connectivity index (χ3v) is 2.16. The first kappa shape index (κ1) is 13.0. The van der Waals surface area contributed by atoms with Gasteiger partial charge in [0.1, 0.15) is 5.82 Å². The van der Waals surface area contributed by atoms with Crippen molar-refractivity contribution in [1.29, 1.82) is 0 Å². The van der Waals surface area contributed by atoms with Gasteiger partial charge in [-0.25, -0.2) is 9.18 Å². The highest BCUT2D eigenvalue weighted by atomic mass is 19.1. The molecule has 1 rings (SSSR count). The molecule has 1 amide bonds. The molecule has 0 aromatic heterocycles. The van der Waals surface area contributed by atoms with Gasteiger partial charge in [0, 0.05) is 14.1 Å². The maximum Gasteiger partial charge on any atom is 0.337 e. The van der Waals surface area contributed by atoms with Crippen LogP contribution in [0.15, 0.2) is 18.2 Å². The molecule has 0 heterocycles. The van der Waals surface area contributed by atoms with E-state index in [0.29, 0.717) is 0 Å². The number of carboxylic acid groups (broad SMARTS) is 1. The summed E-state index contributed by atoms with van der Waals surface area (Å²) in [5.74, 6) is -2.22. The Balaban J connectivity index is 2.90. The summed E-state index contributed by atoms with van der Waals surface area (Å²) in [6.07, 6.45) is 0. The highest BCUT2D eigenvalue weighted by Gasteiger charge is 2.15. The van der Waals surface area contributed by atoms with Gasteiger partial charge < -0.3 is 15.3 Å². The Morgan fingerprint density at radius 1 is 1.41 bits per heavy atom. The van der Waals surface area contributed by atoms with Crippen molar-refractivity contribution < 1.29 is 19.1 Å². The fourth-order valence-electron chi connectivity index (χ4n) is 1.20. The number of amides is 1. The van der Waals surface area contributed by atoms with E-state index < -0.39 is 11.8 Å². The van der Waals surface area contributed by atoms with Crippen LogP contribution >= 0.6 is 0 Å². The van der Waals surface area contributed by atoms with Crippen LogP contribution in [0.25, 0.3) is 0 Å². The molecule has 0 spiro atoms. The number of nitrogens with zero attached hydrogens (tertiary/aromatic N) is 1. The third-order valence-electron chi connectivity index (χ3n) is 2.16. The number of carbonyl (C=O) groups is 2. The van der Waals surface area contributed by atoms with Crippen molar-refractivity contribution in [1.82, 2.24) is 4.90 Å². The monoisotopic (exact) mass is 240 g/mol. The van der Waals surface area contributed by atoms with Crippen molar-refractivity contribution in [2.75, 3.05) is 26.0 Å². The molecular formula is C11H13FN2O3. The van der Waals surface area contributed by atoms with Crippen LogP contribution in [-0.2, 0) is 4.79 Å². The summed E-state index contributed by atoms with van der Waals surface area (Å²) in [5, 5.41) is 11.4. The van der Waals surface area contributed by atoms with Gasteiger partial charge in [0.15, 0.2) is 0 Å². The number of hydrogen-bond acceptors (Lipinski definition) is 3. The van der Waals surface area contributed by atoms with E-state index in [-0.39, 0.29) is 23.7 Å². The van der Waals surface area contributed by atoms with Gasteiger partial charge in [-0.1, -0.05) is 6.07 Å². The van der Waals surface area contributed by atoms with Gasteiger partial charge >= 0.3 is 5.97 Å². The van der Waals surface area contributed by atoms with Gasteiger partial charge in [-0.05, 0) is 12.1 Å². The van der Waals surface area contributed by atoms with Crippen LogP contribution in [0, 0.1) is 5.82 Å². The van der Waals surface area contributed by atoms with Crippen LogP contribution in [0.5, 0.6) is 0 Å². The van der Waals surface area contributed by atoms with E-state index in [1.165, 1.54) is 17.0 Å². The first-order chi connectivity index (χ1) is 7.93. The van der Waals surface area contributed by atoms with E-state index in [4.69, 9.17) is 5.11 Å². The molecule has 0 aliphatic rings. The van der Waals surface area contributed by atoms with Gasteiger partial charge in [-0.2, -0.15) is 0 Å². The van der Waals surface area contributed by atoms with Crippen molar-refractivity contribution >= 4 is 17.6 Å². The summed E-state index contributed by atoms with van der Waals surface area (Å²) in [4.78, 5) is 23.5. The lowest BCUT2D eigenvalue weighted by atomic mass is 10.1. The van der Waals surface area contributed by atoms with Crippen LogP contribution in [-0.4, -0.2) is 42.5 Å².